The normalized spacial score (nSPS) is 13.2. The number of aromatic nitrogens is 1. The van der Waals surface area contributed by atoms with Crippen molar-refractivity contribution in [2.24, 2.45) is 11.1 Å². The van der Waals surface area contributed by atoms with Crippen LogP contribution in [0.5, 0.6) is 0 Å². The zero-order chi connectivity index (χ0) is 14.8. The third-order valence-corrected chi connectivity index (χ3v) is 3.38. The lowest BCUT2D eigenvalue weighted by Crippen LogP contribution is -2.48. The summed E-state index contributed by atoms with van der Waals surface area (Å²) in [6.07, 6.45) is 1.76. The second-order valence-electron chi connectivity index (χ2n) is 6.05. The molecule has 0 unspecified atom stereocenters. The Bertz CT molecular complexity index is 611. The average molecular weight is 271 g/mol. The van der Waals surface area contributed by atoms with Crippen LogP contribution in [0.4, 0.5) is 0 Å². The van der Waals surface area contributed by atoms with Gasteiger partial charge in [0.2, 0.25) is 5.91 Å². The van der Waals surface area contributed by atoms with Gasteiger partial charge in [-0.2, -0.15) is 0 Å². The Kier molecular flexibility index (Phi) is 4.04. The average Bonchev–Trinajstić information content (AvgIpc) is 2.42. The van der Waals surface area contributed by atoms with E-state index in [4.69, 9.17) is 5.73 Å². The summed E-state index contributed by atoms with van der Waals surface area (Å²) in [5.74, 6) is -0.134. The van der Waals surface area contributed by atoms with Crippen LogP contribution in [0.25, 0.3) is 10.9 Å². The maximum Gasteiger partial charge on any atom is 0.237 e. The minimum Gasteiger partial charge on any atom is -0.351 e. The van der Waals surface area contributed by atoms with E-state index >= 15 is 0 Å². The van der Waals surface area contributed by atoms with Crippen LogP contribution < -0.4 is 11.1 Å². The molecular weight excluding hydrogens is 250 g/mol. The lowest BCUT2D eigenvalue weighted by Gasteiger charge is -2.25. The number of nitrogens with zero attached hydrogens (tertiary/aromatic N) is 1. The quantitative estimate of drug-likeness (QED) is 0.899. The van der Waals surface area contributed by atoms with Gasteiger partial charge in [0.25, 0.3) is 0 Å². The Hall–Kier alpha value is -1.94. The van der Waals surface area contributed by atoms with Crippen molar-refractivity contribution in [1.82, 2.24) is 10.3 Å². The van der Waals surface area contributed by atoms with Gasteiger partial charge in [0.15, 0.2) is 0 Å². The van der Waals surface area contributed by atoms with Crippen molar-refractivity contribution in [3.8, 4) is 0 Å². The zero-order valence-electron chi connectivity index (χ0n) is 12.2. The van der Waals surface area contributed by atoms with E-state index in [9.17, 15) is 4.79 Å². The molecule has 0 aliphatic rings. The molecule has 3 N–H and O–H groups in total. The Morgan fingerprint density at radius 3 is 2.70 bits per heavy atom. The fraction of sp³-hybridized carbons (Fsp3) is 0.375. The van der Waals surface area contributed by atoms with Crippen LogP contribution in [-0.2, 0) is 11.3 Å². The van der Waals surface area contributed by atoms with E-state index in [1.54, 1.807) is 6.20 Å². The summed E-state index contributed by atoms with van der Waals surface area (Å²) in [6, 6.07) is 9.34. The van der Waals surface area contributed by atoms with Gasteiger partial charge in [-0.25, -0.2) is 0 Å². The van der Waals surface area contributed by atoms with Gasteiger partial charge in [-0.05, 0) is 17.0 Å². The largest absolute Gasteiger partial charge is 0.351 e. The molecule has 0 aliphatic carbocycles. The van der Waals surface area contributed by atoms with E-state index in [1.807, 2.05) is 51.1 Å². The molecule has 1 atom stereocenters. The number of nitrogens with one attached hydrogen (secondary N) is 1. The molecule has 1 heterocycles. The summed E-state index contributed by atoms with van der Waals surface area (Å²) in [7, 11) is 0. The first-order chi connectivity index (χ1) is 9.39. The van der Waals surface area contributed by atoms with Crippen LogP contribution >= 0.6 is 0 Å². The van der Waals surface area contributed by atoms with Crippen LogP contribution in [0.15, 0.2) is 36.5 Å². The van der Waals surface area contributed by atoms with Crippen LogP contribution in [0.1, 0.15) is 26.3 Å². The van der Waals surface area contributed by atoms with E-state index in [0.717, 1.165) is 16.5 Å². The fourth-order valence-corrected chi connectivity index (χ4v) is 2.00. The van der Waals surface area contributed by atoms with E-state index in [1.165, 1.54) is 0 Å². The van der Waals surface area contributed by atoms with E-state index in [2.05, 4.69) is 10.3 Å². The number of benzene rings is 1. The molecule has 0 bridgehead atoms. The van der Waals surface area contributed by atoms with Gasteiger partial charge in [0.05, 0.1) is 11.6 Å². The Labute approximate surface area is 119 Å². The lowest BCUT2D eigenvalue weighted by molar-refractivity contribution is -0.124. The number of pyridine rings is 1. The Balaban J connectivity index is 2.12. The third-order valence-electron chi connectivity index (χ3n) is 3.38. The molecule has 4 heteroatoms. The Morgan fingerprint density at radius 2 is 2.00 bits per heavy atom. The zero-order valence-corrected chi connectivity index (χ0v) is 12.2. The first-order valence-electron chi connectivity index (χ1n) is 6.75. The number of hydrogen-bond acceptors (Lipinski definition) is 3. The predicted octanol–water partition coefficient (Wildman–Crippen LogP) is 2.22. The summed E-state index contributed by atoms with van der Waals surface area (Å²) < 4.78 is 0. The van der Waals surface area contributed by atoms with Crippen LogP contribution in [0.3, 0.4) is 0 Å². The van der Waals surface area contributed by atoms with Crippen LogP contribution in [0.2, 0.25) is 0 Å². The smallest absolute Gasteiger partial charge is 0.237 e. The molecule has 0 aliphatic heterocycles. The van der Waals surface area contributed by atoms with Gasteiger partial charge in [-0.15, -0.1) is 0 Å². The second kappa shape index (κ2) is 5.59. The summed E-state index contributed by atoms with van der Waals surface area (Å²) >= 11 is 0. The molecule has 2 rings (SSSR count). The number of rotatable bonds is 3. The highest BCUT2D eigenvalue weighted by Gasteiger charge is 2.27. The molecule has 0 fully saturated rings. The molecule has 1 aromatic heterocycles. The molecule has 0 saturated heterocycles. The molecule has 1 amide bonds. The van der Waals surface area contributed by atoms with Gasteiger partial charge in [0.1, 0.15) is 0 Å². The van der Waals surface area contributed by atoms with Gasteiger partial charge < -0.3 is 11.1 Å². The maximum absolute atomic E-state index is 12.0. The van der Waals surface area contributed by atoms with Crippen LogP contribution in [0, 0.1) is 5.41 Å². The highest BCUT2D eigenvalue weighted by Crippen LogP contribution is 2.18. The topological polar surface area (TPSA) is 68.0 Å². The molecule has 1 aromatic carbocycles. The number of para-hydroxylation sites is 1. The van der Waals surface area contributed by atoms with Crippen molar-refractivity contribution in [2.45, 2.75) is 33.4 Å². The van der Waals surface area contributed by atoms with Gasteiger partial charge >= 0.3 is 0 Å². The maximum atomic E-state index is 12.0. The number of nitrogens with two attached hydrogens (primary N) is 1. The third kappa shape index (κ3) is 3.14. The van der Waals surface area contributed by atoms with Crippen molar-refractivity contribution < 1.29 is 4.79 Å². The monoisotopic (exact) mass is 271 g/mol. The van der Waals surface area contributed by atoms with Crippen LogP contribution in [-0.4, -0.2) is 16.9 Å². The van der Waals surface area contributed by atoms with Crippen molar-refractivity contribution in [2.75, 3.05) is 0 Å². The summed E-state index contributed by atoms with van der Waals surface area (Å²) in [5, 5.41) is 3.96. The molecule has 2 aromatic rings. The van der Waals surface area contributed by atoms with E-state index < -0.39 is 6.04 Å². The van der Waals surface area contributed by atoms with Gasteiger partial charge in [-0.1, -0.05) is 45.0 Å². The predicted molar refractivity (Wildman–Crippen MR) is 81.0 cm³/mol. The molecular formula is C16H21N3O. The van der Waals surface area contributed by atoms with Crippen molar-refractivity contribution >= 4 is 16.8 Å². The summed E-state index contributed by atoms with van der Waals surface area (Å²) in [5.41, 5.74) is 7.61. The second-order valence-corrected chi connectivity index (χ2v) is 6.05. The molecule has 0 spiro atoms. The highest BCUT2D eigenvalue weighted by atomic mass is 16.2. The number of carbonyl (C=O) groups excluding carboxylic acids is 1. The molecule has 0 saturated carbocycles. The van der Waals surface area contributed by atoms with E-state index in [-0.39, 0.29) is 11.3 Å². The first kappa shape index (κ1) is 14.5. The van der Waals surface area contributed by atoms with Crippen molar-refractivity contribution in [3.05, 3.63) is 42.1 Å². The van der Waals surface area contributed by atoms with E-state index in [0.29, 0.717) is 6.54 Å². The summed E-state index contributed by atoms with van der Waals surface area (Å²) in [6.45, 7) is 6.31. The number of hydrogen-bond donors (Lipinski definition) is 2. The number of fused-ring (bicyclic) bond motifs is 1. The molecule has 106 valence electrons. The summed E-state index contributed by atoms with van der Waals surface area (Å²) in [4.78, 5) is 16.4. The fourth-order valence-electron chi connectivity index (χ4n) is 2.00. The van der Waals surface area contributed by atoms with Crippen molar-refractivity contribution in [1.29, 1.82) is 0 Å². The van der Waals surface area contributed by atoms with Crippen molar-refractivity contribution in [3.63, 3.8) is 0 Å². The highest BCUT2D eigenvalue weighted by molar-refractivity contribution is 5.84. The lowest BCUT2D eigenvalue weighted by atomic mass is 9.87. The first-order valence-corrected chi connectivity index (χ1v) is 6.75. The minimum absolute atomic E-state index is 0.134. The van der Waals surface area contributed by atoms with Gasteiger partial charge in [0, 0.05) is 18.1 Å². The molecule has 0 radical (unpaired) electrons. The minimum atomic E-state index is -0.523. The number of amides is 1. The van der Waals surface area contributed by atoms with Gasteiger partial charge in [-0.3, -0.25) is 9.78 Å². The standard InChI is InChI=1S/C16H21N3O/c1-16(2,3)14(17)15(20)19-10-12-7-4-6-11-8-5-9-18-13(11)12/h4-9,14H,10,17H2,1-3H3,(H,19,20)/t14-/m1/s1. The number of carbonyl (C=O) groups is 1. The molecule has 4 nitrogen and oxygen atoms in total. The SMILES string of the molecule is CC(C)(C)[C@H](N)C(=O)NCc1cccc2cccnc12. The Morgan fingerprint density at radius 1 is 1.30 bits per heavy atom. The molecule has 20 heavy (non-hydrogen) atoms.